The molecule has 0 atom stereocenters. The average molecular weight is 348 g/mol. The molecule has 0 saturated carbocycles. The van der Waals surface area contributed by atoms with E-state index in [1.807, 2.05) is 36.4 Å². The van der Waals surface area contributed by atoms with E-state index in [4.69, 9.17) is 4.74 Å². The standard InChI is InChI=1S/C17H18BrNO2/c1-2-9-21-16-8-4-6-14(11-16)17(20)19-12-13-5-3-7-15(18)10-13/h3-8,10-11H,2,9,12H2,1H3,(H,19,20). The molecule has 0 bridgehead atoms. The first-order chi connectivity index (χ1) is 10.2. The third-order valence-corrected chi connectivity index (χ3v) is 3.40. The van der Waals surface area contributed by atoms with Crippen LogP contribution in [0.15, 0.2) is 53.0 Å². The second kappa shape index (κ2) is 7.84. The van der Waals surface area contributed by atoms with Crippen LogP contribution in [0.25, 0.3) is 0 Å². The number of ether oxygens (including phenoxy) is 1. The second-order valence-corrected chi connectivity index (χ2v) is 5.60. The molecular weight excluding hydrogens is 330 g/mol. The van der Waals surface area contributed by atoms with Crippen LogP contribution in [0.5, 0.6) is 5.75 Å². The van der Waals surface area contributed by atoms with Crippen molar-refractivity contribution in [1.82, 2.24) is 5.32 Å². The monoisotopic (exact) mass is 347 g/mol. The molecule has 0 aliphatic heterocycles. The van der Waals surface area contributed by atoms with Gasteiger partial charge in [0.05, 0.1) is 6.61 Å². The normalized spacial score (nSPS) is 10.2. The zero-order chi connectivity index (χ0) is 15.1. The third kappa shape index (κ3) is 4.90. The summed E-state index contributed by atoms with van der Waals surface area (Å²) in [5.41, 5.74) is 1.66. The summed E-state index contributed by atoms with van der Waals surface area (Å²) < 4.78 is 6.54. The number of amides is 1. The molecule has 0 aliphatic rings. The Hall–Kier alpha value is -1.81. The van der Waals surface area contributed by atoms with E-state index in [2.05, 4.69) is 28.2 Å². The van der Waals surface area contributed by atoms with Crippen molar-refractivity contribution in [2.45, 2.75) is 19.9 Å². The fourth-order valence-electron chi connectivity index (χ4n) is 1.88. The van der Waals surface area contributed by atoms with Crippen LogP contribution in [-0.2, 0) is 6.54 Å². The summed E-state index contributed by atoms with van der Waals surface area (Å²) in [6.07, 6.45) is 0.944. The SMILES string of the molecule is CCCOc1cccc(C(=O)NCc2cccc(Br)c2)c1. The lowest BCUT2D eigenvalue weighted by Crippen LogP contribution is -2.22. The van der Waals surface area contributed by atoms with Gasteiger partial charge in [-0.05, 0) is 42.3 Å². The van der Waals surface area contributed by atoms with Gasteiger partial charge in [0.15, 0.2) is 0 Å². The lowest BCUT2D eigenvalue weighted by atomic mass is 10.2. The lowest BCUT2D eigenvalue weighted by molar-refractivity contribution is 0.0950. The van der Waals surface area contributed by atoms with E-state index >= 15 is 0 Å². The summed E-state index contributed by atoms with van der Waals surface area (Å²) in [5, 5.41) is 2.91. The molecular formula is C17H18BrNO2. The first kappa shape index (κ1) is 15.6. The van der Waals surface area contributed by atoms with E-state index in [9.17, 15) is 4.79 Å². The molecule has 1 N–H and O–H groups in total. The highest BCUT2D eigenvalue weighted by Gasteiger charge is 2.06. The fraction of sp³-hybridized carbons (Fsp3) is 0.235. The van der Waals surface area contributed by atoms with Crippen molar-refractivity contribution in [3.05, 3.63) is 64.1 Å². The molecule has 0 aliphatic carbocycles. The van der Waals surface area contributed by atoms with Crippen molar-refractivity contribution in [2.24, 2.45) is 0 Å². The second-order valence-electron chi connectivity index (χ2n) is 4.69. The summed E-state index contributed by atoms with van der Waals surface area (Å²) in [6.45, 7) is 3.20. The van der Waals surface area contributed by atoms with Gasteiger partial charge in [0.1, 0.15) is 5.75 Å². The van der Waals surface area contributed by atoms with Gasteiger partial charge in [-0.1, -0.05) is 41.1 Å². The number of hydrogen-bond donors (Lipinski definition) is 1. The van der Waals surface area contributed by atoms with Crippen LogP contribution >= 0.6 is 15.9 Å². The van der Waals surface area contributed by atoms with Crippen LogP contribution in [-0.4, -0.2) is 12.5 Å². The maximum atomic E-state index is 12.2. The number of hydrogen-bond acceptors (Lipinski definition) is 2. The average Bonchev–Trinajstić information content (AvgIpc) is 2.51. The molecule has 4 heteroatoms. The predicted octanol–water partition coefficient (Wildman–Crippen LogP) is 4.17. The fourth-order valence-corrected chi connectivity index (χ4v) is 2.33. The van der Waals surface area contributed by atoms with Crippen molar-refractivity contribution in [3.8, 4) is 5.75 Å². The van der Waals surface area contributed by atoms with Crippen LogP contribution in [0, 0.1) is 0 Å². The molecule has 1 amide bonds. The van der Waals surface area contributed by atoms with Crippen molar-refractivity contribution in [1.29, 1.82) is 0 Å². The van der Waals surface area contributed by atoms with E-state index in [1.54, 1.807) is 12.1 Å². The van der Waals surface area contributed by atoms with E-state index in [0.29, 0.717) is 18.7 Å². The number of carbonyl (C=O) groups excluding carboxylic acids is 1. The Morgan fingerprint density at radius 2 is 2.00 bits per heavy atom. The van der Waals surface area contributed by atoms with Gasteiger partial charge < -0.3 is 10.1 Å². The molecule has 0 unspecified atom stereocenters. The quantitative estimate of drug-likeness (QED) is 0.851. The highest BCUT2D eigenvalue weighted by atomic mass is 79.9. The summed E-state index contributed by atoms with van der Waals surface area (Å²) in [5.74, 6) is 0.629. The Morgan fingerprint density at radius 3 is 2.76 bits per heavy atom. The van der Waals surface area contributed by atoms with Gasteiger partial charge in [0, 0.05) is 16.6 Å². The zero-order valence-electron chi connectivity index (χ0n) is 11.9. The van der Waals surface area contributed by atoms with Crippen LogP contribution in [0.3, 0.4) is 0 Å². The smallest absolute Gasteiger partial charge is 0.251 e. The molecule has 0 fully saturated rings. The predicted molar refractivity (Wildman–Crippen MR) is 87.5 cm³/mol. The molecule has 0 spiro atoms. The van der Waals surface area contributed by atoms with Crippen LogP contribution in [0.4, 0.5) is 0 Å². The van der Waals surface area contributed by atoms with E-state index in [0.717, 1.165) is 22.2 Å². The van der Waals surface area contributed by atoms with Crippen molar-refractivity contribution >= 4 is 21.8 Å². The summed E-state index contributed by atoms with van der Waals surface area (Å²) in [7, 11) is 0. The van der Waals surface area contributed by atoms with Crippen molar-refractivity contribution in [2.75, 3.05) is 6.61 Å². The topological polar surface area (TPSA) is 38.3 Å². The summed E-state index contributed by atoms with van der Waals surface area (Å²) >= 11 is 3.42. The minimum atomic E-state index is -0.100. The molecule has 2 aromatic carbocycles. The highest BCUT2D eigenvalue weighted by molar-refractivity contribution is 9.10. The number of halogens is 1. The van der Waals surface area contributed by atoms with Gasteiger partial charge in [-0.3, -0.25) is 4.79 Å². The van der Waals surface area contributed by atoms with E-state index in [-0.39, 0.29) is 5.91 Å². The Balaban J connectivity index is 1.96. The van der Waals surface area contributed by atoms with Crippen LogP contribution in [0.1, 0.15) is 29.3 Å². The van der Waals surface area contributed by atoms with Crippen LogP contribution in [0.2, 0.25) is 0 Å². The first-order valence-corrected chi connectivity index (χ1v) is 7.74. The van der Waals surface area contributed by atoms with Crippen molar-refractivity contribution in [3.63, 3.8) is 0 Å². The zero-order valence-corrected chi connectivity index (χ0v) is 13.5. The molecule has 21 heavy (non-hydrogen) atoms. The molecule has 2 aromatic rings. The van der Waals surface area contributed by atoms with Gasteiger partial charge in [0.25, 0.3) is 5.91 Å². The minimum Gasteiger partial charge on any atom is -0.494 e. The molecule has 110 valence electrons. The van der Waals surface area contributed by atoms with Crippen LogP contribution < -0.4 is 10.1 Å². The molecule has 0 heterocycles. The Labute approximate surface area is 133 Å². The number of nitrogens with one attached hydrogen (secondary N) is 1. The Kier molecular flexibility index (Phi) is 5.81. The van der Waals surface area contributed by atoms with Gasteiger partial charge in [-0.2, -0.15) is 0 Å². The number of benzene rings is 2. The van der Waals surface area contributed by atoms with E-state index in [1.165, 1.54) is 0 Å². The van der Waals surface area contributed by atoms with Gasteiger partial charge in [0.2, 0.25) is 0 Å². The van der Waals surface area contributed by atoms with Gasteiger partial charge in [-0.15, -0.1) is 0 Å². The van der Waals surface area contributed by atoms with Gasteiger partial charge in [-0.25, -0.2) is 0 Å². The first-order valence-electron chi connectivity index (χ1n) is 6.94. The molecule has 0 radical (unpaired) electrons. The summed E-state index contributed by atoms with van der Waals surface area (Å²) in [4.78, 5) is 12.2. The Bertz CT molecular complexity index is 613. The molecule has 3 nitrogen and oxygen atoms in total. The largest absolute Gasteiger partial charge is 0.494 e. The molecule has 2 rings (SSSR count). The maximum absolute atomic E-state index is 12.2. The minimum absolute atomic E-state index is 0.100. The van der Waals surface area contributed by atoms with Gasteiger partial charge >= 0.3 is 0 Å². The molecule has 0 aromatic heterocycles. The maximum Gasteiger partial charge on any atom is 0.251 e. The third-order valence-electron chi connectivity index (χ3n) is 2.91. The lowest BCUT2D eigenvalue weighted by Gasteiger charge is -2.08. The number of carbonyl (C=O) groups is 1. The summed E-state index contributed by atoms with van der Waals surface area (Å²) in [6, 6.07) is 15.1. The molecule has 0 saturated heterocycles. The highest BCUT2D eigenvalue weighted by Crippen LogP contribution is 2.14. The Morgan fingerprint density at radius 1 is 1.19 bits per heavy atom. The number of rotatable bonds is 6. The van der Waals surface area contributed by atoms with E-state index < -0.39 is 0 Å². The van der Waals surface area contributed by atoms with Crippen molar-refractivity contribution < 1.29 is 9.53 Å².